The predicted octanol–water partition coefficient (Wildman–Crippen LogP) is 19.6. The van der Waals surface area contributed by atoms with E-state index in [1.54, 1.807) is 0 Å². The van der Waals surface area contributed by atoms with E-state index in [-0.39, 0.29) is 31.1 Å². The van der Waals surface area contributed by atoms with Crippen LogP contribution in [-0.4, -0.2) is 37.2 Å². The summed E-state index contributed by atoms with van der Waals surface area (Å²) in [4.78, 5) is 38.1. The predicted molar refractivity (Wildman–Crippen MR) is 306 cm³/mol. The Kier molecular flexibility index (Phi) is 54.9. The Morgan fingerprint density at radius 3 is 0.915 bits per heavy atom. The van der Waals surface area contributed by atoms with Crippen molar-refractivity contribution in [1.82, 2.24) is 0 Å². The van der Waals surface area contributed by atoms with Crippen LogP contribution >= 0.6 is 0 Å². The van der Waals surface area contributed by atoms with Crippen LogP contribution in [-0.2, 0) is 28.6 Å². The van der Waals surface area contributed by atoms with Crippen molar-refractivity contribution in [2.45, 2.75) is 258 Å². The van der Waals surface area contributed by atoms with E-state index in [0.717, 1.165) is 161 Å². The fourth-order valence-corrected chi connectivity index (χ4v) is 7.55. The van der Waals surface area contributed by atoms with E-state index < -0.39 is 6.10 Å². The molecule has 6 nitrogen and oxygen atoms in total. The number of unbranched alkanes of at least 4 members (excludes halogenated alkanes) is 20. The number of allylic oxidation sites excluding steroid dienone is 20. The molecule has 0 aromatic heterocycles. The third-order valence-corrected chi connectivity index (χ3v) is 11.9. The van der Waals surface area contributed by atoms with E-state index in [1.807, 2.05) is 0 Å². The fourth-order valence-electron chi connectivity index (χ4n) is 7.55. The smallest absolute Gasteiger partial charge is 0.306 e. The molecular weight excluding hydrogens is 877 g/mol. The molecule has 0 aromatic rings. The van der Waals surface area contributed by atoms with E-state index in [4.69, 9.17) is 14.2 Å². The second kappa shape index (κ2) is 58.4. The van der Waals surface area contributed by atoms with Gasteiger partial charge in [0, 0.05) is 19.3 Å². The lowest BCUT2D eigenvalue weighted by Gasteiger charge is -2.18. The molecule has 1 atom stereocenters. The zero-order valence-corrected chi connectivity index (χ0v) is 45.9. The molecule has 0 rings (SSSR count). The fraction of sp³-hybridized carbons (Fsp3) is 0.646. The van der Waals surface area contributed by atoms with Gasteiger partial charge in [-0.15, -0.1) is 0 Å². The lowest BCUT2D eigenvalue weighted by molar-refractivity contribution is -0.167. The molecular formula is C65H106O6. The summed E-state index contributed by atoms with van der Waals surface area (Å²) in [6.45, 7) is 6.42. The van der Waals surface area contributed by atoms with Crippen molar-refractivity contribution in [3.05, 3.63) is 122 Å². The minimum absolute atomic E-state index is 0.0970. The van der Waals surface area contributed by atoms with Crippen LogP contribution in [0, 0.1) is 0 Å². The van der Waals surface area contributed by atoms with Gasteiger partial charge in [-0.25, -0.2) is 0 Å². The van der Waals surface area contributed by atoms with Crippen molar-refractivity contribution in [2.75, 3.05) is 13.2 Å². The number of esters is 3. The van der Waals surface area contributed by atoms with Crippen LogP contribution in [0.2, 0.25) is 0 Å². The maximum Gasteiger partial charge on any atom is 0.306 e. The highest BCUT2D eigenvalue weighted by Crippen LogP contribution is 2.13. The molecule has 0 amide bonds. The van der Waals surface area contributed by atoms with E-state index in [0.29, 0.717) is 19.3 Å². The summed E-state index contributed by atoms with van der Waals surface area (Å²) >= 11 is 0. The Bertz CT molecular complexity index is 1500. The minimum atomic E-state index is -0.800. The summed E-state index contributed by atoms with van der Waals surface area (Å²) in [5.74, 6) is -0.943. The number of carbonyl (C=O) groups excluding carboxylic acids is 3. The summed E-state index contributed by atoms with van der Waals surface area (Å²) in [5.41, 5.74) is 0. The monoisotopic (exact) mass is 983 g/mol. The molecule has 402 valence electrons. The van der Waals surface area contributed by atoms with Gasteiger partial charge in [0.15, 0.2) is 6.10 Å². The highest BCUT2D eigenvalue weighted by Gasteiger charge is 2.19. The lowest BCUT2D eigenvalue weighted by Crippen LogP contribution is -2.30. The molecule has 0 N–H and O–H groups in total. The Morgan fingerprint density at radius 2 is 0.563 bits per heavy atom. The lowest BCUT2D eigenvalue weighted by atomic mass is 10.1. The SMILES string of the molecule is CC/C=C\C/C=C\C/C=C\C/C=C\C/C=C\C/C=C\C/C=C\CCCCCCCC(=O)OCC(COC(=O)CCCCCCC/C=C\CCCC)OC(=O)CCCCCCC/C=C\C/C=C\CCCCC. The van der Waals surface area contributed by atoms with Gasteiger partial charge >= 0.3 is 17.9 Å². The minimum Gasteiger partial charge on any atom is -0.462 e. The van der Waals surface area contributed by atoms with Gasteiger partial charge in [-0.3, -0.25) is 14.4 Å². The highest BCUT2D eigenvalue weighted by atomic mass is 16.6. The molecule has 0 aliphatic carbocycles. The molecule has 0 saturated heterocycles. The van der Waals surface area contributed by atoms with Crippen molar-refractivity contribution < 1.29 is 28.6 Å². The van der Waals surface area contributed by atoms with Crippen LogP contribution in [0.25, 0.3) is 0 Å². The molecule has 0 fully saturated rings. The van der Waals surface area contributed by atoms with Crippen LogP contribution < -0.4 is 0 Å². The van der Waals surface area contributed by atoms with Crippen molar-refractivity contribution >= 4 is 17.9 Å². The summed E-state index contributed by atoms with van der Waals surface area (Å²) < 4.78 is 16.8. The molecule has 0 bridgehead atoms. The van der Waals surface area contributed by atoms with Crippen molar-refractivity contribution in [3.63, 3.8) is 0 Å². The third-order valence-electron chi connectivity index (χ3n) is 11.9. The second-order valence-electron chi connectivity index (χ2n) is 18.8. The van der Waals surface area contributed by atoms with Gasteiger partial charge in [-0.05, 0) is 128 Å². The van der Waals surface area contributed by atoms with E-state index in [2.05, 4.69) is 142 Å². The molecule has 0 radical (unpaired) electrons. The Labute approximate surface area is 437 Å². The second-order valence-corrected chi connectivity index (χ2v) is 18.8. The summed E-state index contributed by atoms with van der Waals surface area (Å²) in [5, 5.41) is 0. The largest absolute Gasteiger partial charge is 0.462 e. The summed E-state index contributed by atoms with van der Waals surface area (Å²) in [6.07, 6.45) is 80.5. The molecule has 6 heteroatoms. The zero-order chi connectivity index (χ0) is 51.4. The van der Waals surface area contributed by atoms with Gasteiger partial charge in [0.25, 0.3) is 0 Å². The van der Waals surface area contributed by atoms with Gasteiger partial charge in [0.2, 0.25) is 0 Å². The number of carbonyl (C=O) groups is 3. The van der Waals surface area contributed by atoms with Crippen LogP contribution in [0.1, 0.15) is 252 Å². The van der Waals surface area contributed by atoms with Crippen LogP contribution in [0.3, 0.4) is 0 Å². The molecule has 0 aromatic carbocycles. The van der Waals surface area contributed by atoms with Crippen molar-refractivity contribution in [1.29, 1.82) is 0 Å². The number of rotatable bonds is 51. The average molecular weight is 984 g/mol. The van der Waals surface area contributed by atoms with Crippen molar-refractivity contribution in [3.8, 4) is 0 Å². The molecule has 0 aliphatic rings. The summed E-state index contributed by atoms with van der Waals surface area (Å²) in [7, 11) is 0. The van der Waals surface area contributed by atoms with E-state index in [1.165, 1.54) is 51.4 Å². The number of hydrogen-bond acceptors (Lipinski definition) is 6. The topological polar surface area (TPSA) is 78.9 Å². The normalized spacial score (nSPS) is 13.0. The highest BCUT2D eigenvalue weighted by molar-refractivity contribution is 5.71. The molecule has 0 saturated carbocycles. The van der Waals surface area contributed by atoms with Gasteiger partial charge in [-0.2, -0.15) is 0 Å². The molecule has 1 unspecified atom stereocenters. The van der Waals surface area contributed by atoms with E-state index >= 15 is 0 Å². The maximum absolute atomic E-state index is 12.8. The number of hydrogen-bond donors (Lipinski definition) is 0. The molecule has 0 heterocycles. The number of ether oxygens (including phenoxy) is 3. The third kappa shape index (κ3) is 56.6. The maximum atomic E-state index is 12.8. The molecule has 71 heavy (non-hydrogen) atoms. The van der Waals surface area contributed by atoms with Crippen LogP contribution in [0.5, 0.6) is 0 Å². The zero-order valence-electron chi connectivity index (χ0n) is 45.9. The Balaban J connectivity index is 4.37. The first-order chi connectivity index (χ1) is 35.0. The van der Waals surface area contributed by atoms with Crippen LogP contribution in [0.4, 0.5) is 0 Å². The quantitative estimate of drug-likeness (QED) is 0.0261. The van der Waals surface area contributed by atoms with Gasteiger partial charge in [-0.1, -0.05) is 226 Å². The standard InChI is InChI=1S/C65H106O6/c1-4-7-10-13-16-19-22-24-26-27-28-29-30-31-32-33-34-35-36-37-39-40-43-46-49-52-55-58-64(67)70-61-62(60-69-63(66)57-54-51-48-45-42-21-18-15-12-9-6-3)71-65(68)59-56-53-50-47-44-41-38-25-23-20-17-14-11-8-5-2/h7,10,15-20,24-26,28-29,31-32,34-35,37-39,62H,4-6,8-9,11-14,21-23,27,30,33,36,40-61H2,1-3H3/b10-7-,18-15-,19-16-,20-17-,26-24-,29-28-,32-31-,35-34-,38-25-,39-37-. The van der Waals surface area contributed by atoms with Crippen LogP contribution in [0.15, 0.2) is 122 Å². The van der Waals surface area contributed by atoms with E-state index in [9.17, 15) is 14.4 Å². The Hall–Kier alpha value is -4.19. The molecule has 0 spiro atoms. The van der Waals surface area contributed by atoms with Gasteiger partial charge in [0.1, 0.15) is 13.2 Å². The van der Waals surface area contributed by atoms with Gasteiger partial charge in [0.05, 0.1) is 0 Å². The summed E-state index contributed by atoms with van der Waals surface area (Å²) in [6, 6.07) is 0. The average Bonchev–Trinajstić information content (AvgIpc) is 3.37. The first kappa shape index (κ1) is 66.8. The van der Waals surface area contributed by atoms with Gasteiger partial charge < -0.3 is 14.2 Å². The molecule has 0 aliphatic heterocycles. The first-order valence-corrected chi connectivity index (χ1v) is 29.0. The van der Waals surface area contributed by atoms with Crippen molar-refractivity contribution in [2.24, 2.45) is 0 Å². The Morgan fingerprint density at radius 1 is 0.296 bits per heavy atom. The first-order valence-electron chi connectivity index (χ1n) is 29.0.